The van der Waals surface area contributed by atoms with Crippen LogP contribution in [-0.2, 0) is 6.54 Å². The molecule has 1 aromatic carbocycles. The zero-order chi connectivity index (χ0) is 23.3. The van der Waals surface area contributed by atoms with Crippen LogP contribution in [0.3, 0.4) is 0 Å². The molecule has 0 amide bonds. The molecule has 5 nitrogen and oxygen atoms in total. The number of hydrogen-bond donors (Lipinski definition) is 1. The third-order valence-corrected chi connectivity index (χ3v) is 5.72. The number of aromatic nitrogens is 2. The first-order valence-electron chi connectivity index (χ1n) is 11.0. The Morgan fingerprint density at radius 2 is 2.03 bits per heavy atom. The van der Waals surface area contributed by atoms with Crippen LogP contribution in [0.1, 0.15) is 36.8 Å². The summed E-state index contributed by atoms with van der Waals surface area (Å²) in [5, 5.41) is 9.28. The van der Waals surface area contributed by atoms with Crippen LogP contribution in [0.4, 0.5) is 10.2 Å². The lowest BCUT2D eigenvalue weighted by molar-refractivity contribution is 0.272. The molecule has 2 aromatic rings. The van der Waals surface area contributed by atoms with Gasteiger partial charge in [0.05, 0.1) is 5.70 Å². The van der Waals surface area contributed by atoms with Crippen LogP contribution in [0, 0.1) is 11.7 Å². The van der Waals surface area contributed by atoms with Crippen molar-refractivity contribution in [2.45, 2.75) is 26.3 Å². The zero-order valence-electron chi connectivity index (χ0n) is 19.3. The Balaban J connectivity index is 2.18. The molecule has 32 heavy (non-hydrogen) atoms. The predicted molar refractivity (Wildman–Crippen MR) is 131 cm³/mol. The Hall–Kier alpha value is -3.12. The van der Waals surface area contributed by atoms with Crippen molar-refractivity contribution in [1.82, 2.24) is 14.5 Å². The van der Waals surface area contributed by atoms with Gasteiger partial charge in [-0.25, -0.2) is 9.37 Å². The van der Waals surface area contributed by atoms with Crippen LogP contribution in [0.25, 0.3) is 11.3 Å². The van der Waals surface area contributed by atoms with Crippen molar-refractivity contribution in [3.8, 4) is 0 Å². The highest BCUT2D eigenvalue weighted by atomic mass is 19.1. The zero-order valence-corrected chi connectivity index (χ0v) is 19.3. The standard InChI is InChI=1S/C26H33FN4O/c1-6-29(4)26-24(20(3)30(5)15-8-16-32)31(18-21-11-13-23(27)14-12-21)25(28-26)22-10-7-9-19(2)17-22/h6-7,10-14,17,19,32H,1,3,8-9,15-16,18H2,2,4-5H3. The van der Waals surface area contributed by atoms with Gasteiger partial charge in [0.1, 0.15) is 17.3 Å². The minimum atomic E-state index is -0.258. The lowest BCUT2D eigenvalue weighted by Gasteiger charge is -2.25. The molecule has 3 rings (SSSR count). The summed E-state index contributed by atoms with van der Waals surface area (Å²) in [5.74, 6) is 1.76. The van der Waals surface area contributed by atoms with E-state index >= 15 is 0 Å². The smallest absolute Gasteiger partial charge is 0.160 e. The molecular weight excluding hydrogens is 403 g/mol. The highest BCUT2D eigenvalue weighted by molar-refractivity contribution is 5.78. The molecule has 1 aliphatic carbocycles. The van der Waals surface area contributed by atoms with Gasteiger partial charge in [0, 0.05) is 39.4 Å². The molecule has 1 aliphatic rings. The van der Waals surface area contributed by atoms with Crippen molar-refractivity contribution in [1.29, 1.82) is 0 Å². The minimum absolute atomic E-state index is 0.118. The highest BCUT2D eigenvalue weighted by Gasteiger charge is 2.25. The summed E-state index contributed by atoms with van der Waals surface area (Å²) < 4.78 is 15.7. The van der Waals surface area contributed by atoms with Crippen LogP contribution >= 0.6 is 0 Å². The maximum Gasteiger partial charge on any atom is 0.160 e. The topological polar surface area (TPSA) is 44.5 Å². The van der Waals surface area contributed by atoms with E-state index in [0.29, 0.717) is 25.4 Å². The summed E-state index contributed by atoms with van der Waals surface area (Å²) in [6.07, 6.45) is 9.91. The molecule has 1 aromatic heterocycles. The van der Waals surface area contributed by atoms with Gasteiger partial charge in [0.25, 0.3) is 0 Å². The molecule has 1 heterocycles. The monoisotopic (exact) mass is 436 g/mol. The summed E-state index contributed by atoms with van der Waals surface area (Å²) in [4.78, 5) is 8.95. The third kappa shape index (κ3) is 5.19. The summed E-state index contributed by atoms with van der Waals surface area (Å²) in [6, 6.07) is 6.55. The van der Waals surface area contributed by atoms with Crippen LogP contribution in [0.5, 0.6) is 0 Å². The van der Waals surface area contributed by atoms with Crippen LogP contribution in [0.2, 0.25) is 0 Å². The normalized spacial score (nSPS) is 15.4. The van der Waals surface area contributed by atoms with E-state index in [-0.39, 0.29) is 12.4 Å². The summed E-state index contributed by atoms with van der Waals surface area (Å²) in [5.41, 5.74) is 3.70. The molecule has 170 valence electrons. The van der Waals surface area contributed by atoms with Gasteiger partial charge in [0.2, 0.25) is 0 Å². The summed E-state index contributed by atoms with van der Waals surface area (Å²) in [7, 11) is 3.88. The number of imidazole rings is 1. The quantitative estimate of drug-likeness (QED) is 0.575. The fourth-order valence-corrected chi connectivity index (χ4v) is 3.82. The van der Waals surface area contributed by atoms with Crippen LogP contribution < -0.4 is 4.90 Å². The third-order valence-electron chi connectivity index (χ3n) is 5.72. The lowest BCUT2D eigenvalue weighted by Crippen LogP contribution is -2.22. The molecular formula is C26H33FN4O. The number of allylic oxidation sites excluding steroid dienone is 4. The largest absolute Gasteiger partial charge is 0.396 e. The van der Waals surface area contributed by atoms with Crippen LogP contribution in [-0.4, -0.2) is 46.8 Å². The molecule has 1 unspecified atom stereocenters. The maximum absolute atomic E-state index is 13.5. The van der Waals surface area contributed by atoms with Gasteiger partial charge in [0.15, 0.2) is 5.82 Å². The molecule has 6 heteroatoms. The lowest BCUT2D eigenvalue weighted by atomic mass is 9.97. The SMILES string of the molecule is C=CN(C)c1nc(C2=CC(C)CC=C2)n(Cc2ccc(F)cc2)c1C(=C)N(C)CCCO. The first kappa shape index (κ1) is 23.5. The van der Waals surface area contributed by atoms with Gasteiger partial charge in [-0.05, 0) is 42.7 Å². The number of aliphatic hydroxyl groups is 1. The Morgan fingerprint density at radius 3 is 2.66 bits per heavy atom. The number of hydrogen-bond acceptors (Lipinski definition) is 4. The van der Waals surface area contributed by atoms with E-state index in [4.69, 9.17) is 4.98 Å². The predicted octanol–water partition coefficient (Wildman–Crippen LogP) is 4.91. The van der Waals surface area contributed by atoms with Crippen molar-refractivity contribution in [3.05, 3.63) is 84.8 Å². The van der Waals surface area contributed by atoms with E-state index in [9.17, 15) is 9.50 Å². The molecule has 0 bridgehead atoms. The summed E-state index contributed by atoms with van der Waals surface area (Å²) in [6.45, 7) is 11.8. The van der Waals surface area contributed by atoms with Gasteiger partial charge in [-0.1, -0.05) is 50.4 Å². The van der Waals surface area contributed by atoms with Crippen LogP contribution in [0.15, 0.2) is 61.9 Å². The van der Waals surface area contributed by atoms with Crippen molar-refractivity contribution in [2.24, 2.45) is 5.92 Å². The van der Waals surface area contributed by atoms with Gasteiger partial charge >= 0.3 is 0 Å². The number of halogens is 1. The average Bonchev–Trinajstić information content (AvgIpc) is 3.16. The van der Waals surface area contributed by atoms with Crippen molar-refractivity contribution in [3.63, 3.8) is 0 Å². The van der Waals surface area contributed by atoms with E-state index in [2.05, 4.69) is 42.9 Å². The summed E-state index contributed by atoms with van der Waals surface area (Å²) >= 11 is 0. The second kappa shape index (κ2) is 10.5. The van der Waals surface area contributed by atoms with Gasteiger partial charge in [-0.15, -0.1) is 0 Å². The molecule has 0 spiro atoms. The number of aliphatic hydroxyl groups excluding tert-OH is 1. The number of nitrogens with zero attached hydrogens (tertiary/aromatic N) is 4. The Kier molecular flexibility index (Phi) is 7.70. The molecule has 0 saturated heterocycles. The van der Waals surface area contributed by atoms with E-state index < -0.39 is 0 Å². The average molecular weight is 437 g/mol. The molecule has 0 aliphatic heterocycles. The molecule has 1 N–H and O–H groups in total. The first-order valence-corrected chi connectivity index (χ1v) is 11.0. The van der Waals surface area contributed by atoms with Gasteiger partial charge in [-0.2, -0.15) is 0 Å². The Morgan fingerprint density at radius 1 is 1.31 bits per heavy atom. The van der Waals surface area contributed by atoms with Crippen molar-refractivity contribution >= 4 is 17.1 Å². The maximum atomic E-state index is 13.5. The van der Waals surface area contributed by atoms with E-state index in [1.807, 2.05) is 23.9 Å². The van der Waals surface area contributed by atoms with Crippen molar-refractivity contribution in [2.75, 3.05) is 32.1 Å². The Labute approximate surface area is 190 Å². The first-order chi connectivity index (χ1) is 15.3. The highest BCUT2D eigenvalue weighted by Crippen LogP contribution is 2.34. The van der Waals surface area contributed by atoms with Gasteiger partial charge < -0.3 is 19.5 Å². The molecule has 0 fully saturated rings. The van der Waals surface area contributed by atoms with E-state index in [1.165, 1.54) is 12.1 Å². The second-order valence-electron chi connectivity index (χ2n) is 8.30. The fraction of sp³-hybridized carbons (Fsp3) is 0.346. The van der Waals surface area contributed by atoms with E-state index in [1.54, 1.807) is 18.3 Å². The van der Waals surface area contributed by atoms with E-state index in [0.717, 1.165) is 40.6 Å². The molecule has 0 saturated carbocycles. The number of rotatable bonds is 10. The minimum Gasteiger partial charge on any atom is -0.396 e. The van der Waals surface area contributed by atoms with Crippen molar-refractivity contribution < 1.29 is 9.50 Å². The Bertz CT molecular complexity index is 1020. The molecule has 1 atom stereocenters. The number of anilines is 1. The van der Waals surface area contributed by atoms with Gasteiger partial charge in [-0.3, -0.25) is 0 Å². The second-order valence-corrected chi connectivity index (χ2v) is 8.30. The number of benzene rings is 1. The molecule has 0 radical (unpaired) electrons. The fourth-order valence-electron chi connectivity index (χ4n) is 3.82.